The number of methoxy groups -OCH3 is 1. The maximum Gasteiger partial charge on any atom is 0.306 e. The molecule has 1 aromatic heterocycles. The Morgan fingerprint density at radius 3 is 2.67 bits per heavy atom. The lowest BCUT2D eigenvalue weighted by Crippen LogP contribution is -2.47. The summed E-state index contributed by atoms with van der Waals surface area (Å²) in [6, 6.07) is 5.08. The number of rotatable bonds is 7. The molecule has 0 radical (unpaired) electrons. The molecule has 4 bridgehead atoms. The van der Waals surface area contributed by atoms with E-state index in [2.05, 4.69) is 11.6 Å². The number of esters is 1. The van der Waals surface area contributed by atoms with Crippen molar-refractivity contribution in [2.45, 2.75) is 101 Å². The largest absolute Gasteiger partial charge is 0.496 e. The second-order valence-corrected chi connectivity index (χ2v) is 17.0. The van der Waals surface area contributed by atoms with Crippen molar-refractivity contribution in [1.29, 1.82) is 0 Å². The van der Waals surface area contributed by atoms with Gasteiger partial charge in [-0.1, -0.05) is 25.3 Å². The first-order valence-electron chi connectivity index (χ1n) is 17.6. The molecule has 48 heavy (non-hydrogen) atoms. The van der Waals surface area contributed by atoms with Crippen LogP contribution >= 0.6 is 7.37 Å². The molecule has 2 aliphatic heterocycles. The number of aromatic nitrogens is 1. The van der Waals surface area contributed by atoms with Gasteiger partial charge in [0, 0.05) is 31.1 Å². The molecule has 1 amide bonds. The summed E-state index contributed by atoms with van der Waals surface area (Å²) in [6.07, 6.45) is 11.3. The Morgan fingerprint density at radius 1 is 1.19 bits per heavy atom. The standard InChI is InChI=1S/C37H49N2O8P/c1-4-27-21-37(27,48(3,43)44)22-32(40)31-19-28-23-39(31)36(42)30(24-11-7-5-8-12-24)20-34(41)46-16-10-6-9-13-26-17-29-25(18-33(26)45-2)14-15-38-35(29)47-28/h4,14-15,17-18,24,27-28,30-31H,1,5-13,16,19-23H2,2-3H3,(H,43,44)/t27?,28-,30+,31+,37?/m1/s1. The van der Waals surface area contributed by atoms with Crippen molar-refractivity contribution in [3.8, 4) is 11.6 Å². The molecule has 11 heteroatoms. The van der Waals surface area contributed by atoms with Crippen LogP contribution < -0.4 is 9.47 Å². The molecule has 3 heterocycles. The number of cyclic esters (lactones) is 1. The minimum atomic E-state index is -3.65. The van der Waals surface area contributed by atoms with Gasteiger partial charge in [-0.15, -0.1) is 6.58 Å². The maximum absolute atomic E-state index is 14.6. The first kappa shape index (κ1) is 34.6. The number of ether oxygens (including phenoxy) is 3. The van der Waals surface area contributed by atoms with E-state index in [1.54, 1.807) is 24.3 Å². The molecule has 1 saturated heterocycles. The minimum Gasteiger partial charge on any atom is -0.496 e. The van der Waals surface area contributed by atoms with Crippen LogP contribution in [0.4, 0.5) is 0 Å². The number of carbonyl (C=O) groups excluding carboxylic acids is 3. The molecular formula is C37H49N2O8P. The highest BCUT2D eigenvalue weighted by molar-refractivity contribution is 7.59. The predicted octanol–water partition coefficient (Wildman–Crippen LogP) is 6.25. The SMILES string of the molecule is C=CC1CC1(CC(=O)[C@@H]1C[C@@H]2CN1C(=O)[C@H](C1CCCCC1)CC(=O)OCCCCCc1cc3c(nccc3cc1OC)O2)P(C)(=O)O. The molecule has 2 aliphatic carbocycles. The summed E-state index contributed by atoms with van der Waals surface area (Å²) < 4.78 is 31.0. The van der Waals surface area contributed by atoms with Crippen LogP contribution in [0.2, 0.25) is 0 Å². The van der Waals surface area contributed by atoms with Gasteiger partial charge in [0.2, 0.25) is 19.2 Å². The highest BCUT2D eigenvalue weighted by Gasteiger charge is 2.63. The smallest absolute Gasteiger partial charge is 0.306 e. The van der Waals surface area contributed by atoms with E-state index in [9.17, 15) is 23.8 Å². The van der Waals surface area contributed by atoms with Crippen LogP contribution in [0.1, 0.15) is 82.6 Å². The number of nitrogens with zero attached hydrogens (tertiary/aromatic N) is 2. The number of hydrogen-bond acceptors (Lipinski definition) is 8. The Bertz CT molecular complexity index is 1600. The molecule has 3 unspecified atom stereocenters. The molecule has 260 valence electrons. The Balaban J connectivity index is 1.36. The Hall–Kier alpha value is -3.23. The van der Waals surface area contributed by atoms with Crippen LogP contribution in [0.15, 0.2) is 37.1 Å². The second-order valence-electron chi connectivity index (χ2n) is 14.4. The number of hydrogen-bond donors (Lipinski definition) is 1. The lowest BCUT2D eigenvalue weighted by molar-refractivity contribution is -0.152. The summed E-state index contributed by atoms with van der Waals surface area (Å²) in [5.41, 5.74) is 1.02. The summed E-state index contributed by atoms with van der Waals surface area (Å²) in [4.78, 5) is 58.9. The molecule has 1 N–H and O–H groups in total. The fourth-order valence-corrected chi connectivity index (χ4v) is 10.1. The third-order valence-electron chi connectivity index (χ3n) is 11.3. The lowest BCUT2D eigenvalue weighted by Gasteiger charge is -2.34. The van der Waals surface area contributed by atoms with Gasteiger partial charge in [0.25, 0.3) is 0 Å². The van der Waals surface area contributed by atoms with Gasteiger partial charge in [0.1, 0.15) is 11.9 Å². The summed E-state index contributed by atoms with van der Waals surface area (Å²) in [5.74, 6) is -0.518. The van der Waals surface area contributed by atoms with Gasteiger partial charge in [0.05, 0.1) is 43.8 Å². The van der Waals surface area contributed by atoms with E-state index in [4.69, 9.17) is 14.2 Å². The average molecular weight is 681 g/mol. The molecule has 10 nitrogen and oxygen atoms in total. The molecule has 2 saturated carbocycles. The molecule has 2 aromatic rings. The topological polar surface area (TPSA) is 132 Å². The predicted molar refractivity (Wildman–Crippen MR) is 182 cm³/mol. The van der Waals surface area contributed by atoms with Crippen LogP contribution in [-0.4, -0.2) is 76.7 Å². The normalized spacial score (nSPS) is 30.1. The molecule has 0 spiro atoms. The third kappa shape index (κ3) is 7.07. The van der Waals surface area contributed by atoms with Crippen molar-refractivity contribution >= 4 is 35.8 Å². The van der Waals surface area contributed by atoms with Gasteiger partial charge in [-0.3, -0.25) is 18.9 Å². The van der Waals surface area contributed by atoms with Gasteiger partial charge >= 0.3 is 5.97 Å². The fraction of sp³-hybridized carbons (Fsp3) is 0.622. The van der Waals surface area contributed by atoms with Gasteiger partial charge in [-0.05, 0) is 85.9 Å². The number of Topliss-reactive ketones (excluding diaryl/α,β-unsaturated/α-hetero) is 1. The van der Waals surface area contributed by atoms with Gasteiger partial charge in [-0.25, -0.2) is 4.98 Å². The van der Waals surface area contributed by atoms with Crippen LogP contribution in [0.3, 0.4) is 0 Å². The van der Waals surface area contributed by atoms with Crippen molar-refractivity contribution in [3.63, 3.8) is 0 Å². The first-order chi connectivity index (χ1) is 23.0. The summed E-state index contributed by atoms with van der Waals surface area (Å²) in [7, 11) is -2.00. The van der Waals surface area contributed by atoms with Crippen molar-refractivity contribution < 1.29 is 38.1 Å². The zero-order valence-corrected chi connectivity index (χ0v) is 29.1. The van der Waals surface area contributed by atoms with E-state index < -0.39 is 36.6 Å². The van der Waals surface area contributed by atoms with E-state index in [0.717, 1.165) is 73.5 Å². The van der Waals surface area contributed by atoms with Gasteiger partial charge < -0.3 is 24.0 Å². The summed E-state index contributed by atoms with van der Waals surface area (Å²) in [6.45, 7) is 5.58. The van der Waals surface area contributed by atoms with E-state index in [-0.39, 0.29) is 49.3 Å². The maximum atomic E-state index is 14.6. The monoisotopic (exact) mass is 680 g/mol. The van der Waals surface area contributed by atoms with Crippen LogP contribution in [0, 0.1) is 17.8 Å². The Morgan fingerprint density at radius 2 is 1.96 bits per heavy atom. The summed E-state index contributed by atoms with van der Waals surface area (Å²) >= 11 is 0. The molecule has 6 rings (SSSR count). The first-order valence-corrected chi connectivity index (χ1v) is 19.7. The minimum absolute atomic E-state index is 0.0153. The molecular weight excluding hydrogens is 631 g/mol. The zero-order chi connectivity index (χ0) is 34.1. The average Bonchev–Trinajstić information content (AvgIpc) is 3.65. The number of benzene rings is 1. The van der Waals surface area contributed by atoms with Gasteiger partial charge in [0.15, 0.2) is 5.78 Å². The number of ketones is 1. The number of amides is 1. The van der Waals surface area contributed by atoms with Crippen molar-refractivity contribution in [3.05, 3.63) is 42.6 Å². The number of aryl methyl sites for hydroxylation is 1. The summed E-state index contributed by atoms with van der Waals surface area (Å²) in [5, 5.41) is 0.671. The lowest BCUT2D eigenvalue weighted by atomic mass is 9.77. The van der Waals surface area contributed by atoms with Crippen LogP contribution in [0.25, 0.3) is 10.8 Å². The highest BCUT2D eigenvalue weighted by atomic mass is 31.2. The van der Waals surface area contributed by atoms with E-state index in [0.29, 0.717) is 25.3 Å². The Kier molecular flexibility index (Phi) is 10.3. The number of carbonyl (C=O) groups is 3. The number of pyridine rings is 1. The van der Waals surface area contributed by atoms with Crippen molar-refractivity contribution in [2.24, 2.45) is 17.8 Å². The molecule has 1 aromatic carbocycles. The quantitative estimate of drug-likeness (QED) is 0.205. The number of fused-ring (bicyclic) bond motifs is 3. The number of allylic oxidation sites excluding steroid dienone is 1. The van der Waals surface area contributed by atoms with E-state index in [1.165, 1.54) is 6.66 Å². The third-order valence-corrected chi connectivity index (χ3v) is 13.6. The van der Waals surface area contributed by atoms with Crippen LogP contribution in [0.5, 0.6) is 11.6 Å². The molecule has 4 aliphatic rings. The van der Waals surface area contributed by atoms with Gasteiger partial charge in [-0.2, -0.15) is 0 Å². The van der Waals surface area contributed by atoms with Crippen molar-refractivity contribution in [1.82, 2.24) is 9.88 Å². The highest BCUT2D eigenvalue weighted by Crippen LogP contribution is 2.71. The van der Waals surface area contributed by atoms with E-state index >= 15 is 0 Å². The van der Waals surface area contributed by atoms with Crippen LogP contribution in [-0.2, 0) is 30.1 Å². The molecule has 6 atom stereocenters. The molecule has 3 fully saturated rings. The zero-order valence-electron chi connectivity index (χ0n) is 28.2. The second kappa shape index (κ2) is 14.3. The van der Waals surface area contributed by atoms with E-state index in [1.807, 2.05) is 18.2 Å². The Labute approximate surface area is 283 Å². The fourth-order valence-electron chi connectivity index (χ4n) is 8.38. The van der Waals surface area contributed by atoms with Crippen molar-refractivity contribution in [2.75, 3.05) is 26.9 Å².